The lowest BCUT2D eigenvalue weighted by Gasteiger charge is -2.36. The maximum Gasteiger partial charge on any atom is 0.149 e. The highest BCUT2D eigenvalue weighted by molar-refractivity contribution is 5.50. The van der Waals surface area contributed by atoms with E-state index < -0.39 is 11.6 Å². The van der Waals surface area contributed by atoms with Gasteiger partial charge in [0.1, 0.15) is 17.5 Å². The number of pyridine rings is 1. The molecule has 0 amide bonds. The number of anilines is 2. The van der Waals surface area contributed by atoms with Crippen LogP contribution in [0.25, 0.3) is 0 Å². The van der Waals surface area contributed by atoms with Crippen molar-refractivity contribution >= 4 is 11.5 Å². The SMILES string of the molecule is Cc1ccc(N2CCN(c3ccc(F)cc3F)CC2)nc1. The summed E-state index contributed by atoms with van der Waals surface area (Å²) in [7, 11) is 0. The van der Waals surface area contributed by atoms with E-state index in [1.807, 2.05) is 30.2 Å². The number of nitrogens with zero attached hydrogens (tertiary/aromatic N) is 3. The van der Waals surface area contributed by atoms with Crippen molar-refractivity contribution in [2.45, 2.75) is 6.92 Å². The minimum absolute atomic E-state index is 0.466. The van der Waals surface area contributed by atoms with Crippen molar-refractivity contribution in [1.82, 2.24) is 4.98 Å². The average Bonchev–Trinajstić information content (AvgIpc) is 2.48. The number of hydrogen-bond acceptors (Lipinski definition) is 3. The van der Waals surface area contributed by atoms with Gasteiger partial charge in [-0.3, -0.25) is 0 Å². The average molecular weight is 289 g/mol. The van der Waals surface area contributed by atoms with Gasteiger partial charge in [0, 0.05) is 38.4 Å². The third-order valence-electron chi connectivity index (χ3n) is 3.75. The highest BCUT2D eigenvalue weighted by Crippen LogP contribution is 2.23. The number of halogens is 2. The Balaban J connectivity index is 1.68. The zero-order valence-corrected chi connectivity index (χ0v) is 11.9. The minimum atomic E-state index is -0.543. The summed E-state index contributed by atoms with van der Waals surface area (Å²) in [4.78, 5) is 8.53. The fourth-order valence-corrected chi connectivity index (χ4v) is 2.56. The Morgan fingerprint density at radius 3 is 2.29 bits per heavy atom. The van der Waals surface area contributed by atoms with Crippen LogP contribution in [0.4, 0.5) is 20.3 Å². The molecule has 3 rings (SSSR count). The second-order valence-corrected chi connectivity index (χ2v) is 5.26. The fourth-order valence-electron chi connectivity index (χ4n) is 2.56. The van der Waals surface area contributed by atoms with E-state index in [1.165, 1.54) is 12.1 Å². The molecule has 1 saturated heterocycles. The minimum Gasteiger partial charge on any atom is -0.366 e. The van der Waals surface area contributed by atoms with Crippen LogP contribution in [0.15, 0.2) is 36.5 Å². The number of rotatable bonds is 2. The molecule has 0 aliphatic carbocycles. The molecular formula is C16H17F2N3. The van der Waals surface area contributed by atoms with E-state index in [-0.39, 0.29) is 0 Å². The molecule has 1 aromatic heterocycles. The van der Waals surface area contributed by atoms with Gasteiger partial charge >= 0.3 is 0 Å². The van der Waals surface area contributed by atoms with Crippen LogP contribution < -0.4 is 9.80 Å². The molecule has 110 valence electrons. The van der Waals surface area contributed by atoms with E-state index in [0.717, 1.165) is 30.5 Å². The highest BCUT2D eigenvalue weighted by atomic mass is 19.1. The summed E-state index contributed by atoms with van der Waals surface area (Å²) in [5, 5.41) is 0. The maximum absolute atomic E-state index is 13.8. The second-order valence-electron chi connectivity index (χ2n) is 5.26. The molecule has 5 heteroatoms. The van der Waals surface area contributed by atoms with Gasteiger partial charge < -0.3 is 9.80 Å². The van der Waals surface area contributed by atoms with E-state index in [2.05, 4.69) is 9.88 Å². The summed E-state index contributed by atoms with van der Waals surface area (Å²) in [5.41, 5.74) is 1.60. The lowest BCUT2D eigenvalue weighted by Crippen LogP contribution is -2.47. The number of benzene rings is 1. The first kappa shape index (κ1) is 13.8. The predicted molar refractivity (Wildman–Crippen MR) is 79.8 cm³/mol. The molecule has 1 aliphatic rings. The third-order valence-corrected chi connectivity index (χ3v) is 3.75. The molecule has 3 nitrogen and oxygen atoms in total. The third kappa shape index (κ3) is 2.96. The quantitative estimate of drug-likeness (QED) is 0.847. The van der Waals surface area contributed by atoms with E-state index >= 15 is 0 Å². The van der Waals surface area contributed by atoms with Crippen LogP contribution in [0.3, 0.4) is 0 Å². The molecular weight excluding hydrogens is 272 g/mol. The van der Waals surface area contributed by atoms with Crippen molar-refractivity contribution in [3.63, 3.8) is 0 Å². The lowest BCUT2D eigenvalue weighted by molar-refractivity contribution is 0.570. The zero-order chi connectivity index (χ0) is 14.8. The van der Waals surface area contributed by atoms with Gasteiger partial charge in [-0.1, -0.05) is 6.07 Å². The summed E-state index contributed by atoms with van der Waals surface area (Å²) in [5.74, 6) is -0.101. The van der Waals surface area contributed by atoms with Crippen LogP contribution in [0, 0.1) is 18.6 Å². The first-order chi connectivity index (χ1) is 10.1. The molecule has 2 aromatic rings. The largest absolute Gasteiger partial charge is 0.366 e. The Labute approximate surface area is 122 Å². The molecule has 1 fully saturated rings. The molecule has 0 N–H and O–H groups in total. The van der Waals surface area contributed by atoms with Gasteiger partial charge in [0.25, 0.3) is 0 Å². The van der Waals surface area contributed by atoms with Crippen molar-refractivity contribution in [2.24, 2.45) is 0 Å². The van der Waals surface area contributed by atoms with Crippen LogP contribution in [0.2, 0.25) is 0 Å². The Hall–Kier alpha value is -2.17. The zero-order valence-electron chi connectivity index (χ0n) is 11.9. The van der Waals surface area contributed by atoms with Crippen LogP contribution in [-0.2, 0) is 0 Å². The molecule has 21 heavy (non-hydrogen) atoms. The first-order valence-electron chi connectivity index (χ1n) is 7.01. The van der Waals surface area contributed by atoms with Crippen molar-refractivity contribution in [2.75, 3.05) is 36.0 Å². The summed E-state index contributed by atoms with van der Waals surface area (Å²) in [6.07, 6.45) is 1.85. The van der Waals surface area contributed by atoms with Crippen LogP contribution in [-0.4, -0.2) is 31.2 Å². The van der Waals surface area contributed by atoms with E-state index in [0.29, 0.717) is 18.8 Å². The van der Waals surface area contributed by atoms with Gasteiger partial charge in [-0.15, -0.1) is 0 Å². The van der Waals surface area contributed by atoms with Crippen LogP contribution in [0.1, 0.15) is 5.56 Å². The fraction of sp³-hybridized carbons (Fsp3) is 0.312. The maximum atomic E-state index is 13.8. The number of hydrogen-bond donors (Lipinski definition) is 0. The molecule has 0 unspecified atom stereocenters. The van der Waals surface area contributed by atoms with Gasteiger partial charge in [-0.05, 0) is 30.7 Å². The Kier molecular flexibility index (Phi) is 3.73. The normalized spacial score (nSPS) is 15.4. The smallest absolute Gasteiger partial charge is 0.149 e. The first-order valence-corrected chi connectivity index (χ1v) is 7.01. The monoisotopic (exact) mass is 289 g/mol. The van der Waals surface area contributed by atoms with E-state index in [9.17, 15) is 8.78 Å². The Bertz CT molecular complexity index is 620. The predicted octanol–water partition coefficient (Wildman–Crippen LogP) is 2.99. The van der Waals surface area contributed by atoms with Gasteiger partial charge in [-0.2, -0.15) is 0 Å². The molecule has 2 heterocycles. The van der Waals surface area contributed by atoms with Crippen molar-refractivity contribution in [1.29, 1.82) is 0 Å². The Morgan fingerprint density at radius 1 is 0.952 bits per heavy atom. The van der Waals surface area contributed by atoms with Crippen molar-refractivity contribution < 1.29 is 8.78 Å². The summed E-state index contributed by atoms with van der Waals surface area (Å²) >= 11 is 0. The van der Waals surface area contributed by atoms with Gasteiger partial charge in [0.2, 0.25) is 0 Å². The van der Waals surface area contributed by atoms with Crippen LogP contribution >= 0.6 is 0 Å². The molecule has 1 aromatic carbocycles. The topological polar surface area (TPSA) is 19.4 Å². The lowest BCUT2D eigenvalue weighted by atomic mass is 10.2. The van der Waals surface area contributed by atoms with Crippen LogP contribution in [0.5, 0.6) is 0 Å². The van der Waals surface area contributed by atoms with Crippen molar-refractivity contribution in [3.8, 4) is 0 Å². The molecule has 1 aliphatic heterocycles. The van der Waals surface area contributed by atoms with Gasteiger partial charge in [0.05, 0.1) is 5.69 Å². The second kappa shape index (κ2) is 5.68. The van der Waals surface area contributed by atoms with Crippen molar-refractivity contribution in [3.05, 3.63) is 53.7 Å². The molecule has 0 spiro atoms. The molecule has 0 atom stereocenters. The highest BCUT2D eigenvalue weighted by Gasteiger charge is 2.20. The summed E-state index contributed by atoms with van der Waals surface area (Å²) in [6.45, 7) is 4.93. The number of aromatic nitrogens is 1. The molecule has 0 bridgehead atoms. The summed E-state index contributed by atoms with van der Waals surface area (Å²) < 4.78 is 26.7. The number of aryl methyl sites for hydroxylation is 1. The van der Waals surface area contributed by atoms with Gasteiger partial charge in [-0.25, -0.2) is 13.8 Å². The number of piperazine rings is 1. The molecule has 0 saturated carbocycles. The summed E-state index contributed by atoms with van der Waals surface area (Å²) in [6, 6.07) is 7.78. The van der Waals surface area contributed by atoms with E-state index in [1.54, 1.807) is 0 Å². The molecule has 0 radical (unpaired) electrons. The Morgan fingerprint density at radius 2 is 1.67 bits per heavy atom. The standard InChI is InChI=1S/C16H17F2N3/c1-12-2-5-16(19-11-12)21-8-6-20(7-9-21)15-4-3-13(17)10-14(15)18/h2-5,10-11H,6-9H2,1H3. The van der Waals surface area contributed by atoms with Gasteiger partial charge in [0.15, 0.2) is 0 Å². The van der Waals surface area contributed by atoms with E-state index in [4.69, 9.17) is 0 Å².